The number of hydrogen-bond acceptors (Lipinski definition) is 4. The Hall–Kier alpha value is -2.21. The molecule has 0 atom stereocenters. The van der Waals surface area contributed by atoms with E-state index in [0.717, 1.165) is 4.88 Å². The number of nitrogens with zero attached hydrogens (tertiary/aromatic N) is 3. The van der Waals surface area contributed by atoms with Gasteiger partial charge >= 0.3 is 5.97 Å². The van der Waals surface area contributed by atoms with E-state index in [4.69, 9.17) is 5.11 Å². The molecule has 0 fully saturated rings. The molecule has 1 N–H and O–H groups in total. The highest BCUT2D eigenvalue weighted by molar-refractivity contribution is 7.13. The number of hydrogen-bond donors (Lipinski definition) is 1. The third-order valence-electron chi connectivity index (χ3n) is 2.39. The van der Waals surface area contributed by atoms with E-state index in [0.29, 0.717) is 11.5 Å². The molecular weight excluding hydrogens is 238 g/mol. The number of carbonyl (C=O) groups is 1. The van der Waals surface area contributed by atoms with Crippen molar-refractivity contribution in [1.82, 2.24) is 14.6 Å². The third-order valence-corrected chi connectivity index (χ3v) is 3.26. The molecular formula is C11H7N3O2S. The largest absolute Gasteiger partial charge is 0.478 e. The molecule has 3 aromatic heterocycles. The first-order chi connectivity index (χ1) is 8.25. The molecule has 0 saturated heterocycles. The SMILES string of the molecule is O=C(O)c1ccc2nnc(-c3cccs3)n2c1. The van der Waals surface area contributed by atoms with Gasteiger partial charge in [0.15, 0.2) is 11.5 Å². The van der Waals surface area contributed by atoms with E-state index < -0.39 is 5.97 Å². The lowest BCUT2D eigenvalue weighted by Gasteiger charge is -1.98. The molecule has 0 aliphatic heterocycles. The van der Waals surface area contributed by atoms with E-state index in [9.17, 15) is 4.79 Å². The summed E-state index contributed by atoms with van der Waals surface area (Å²) in [7, 11) is 0. The monoisotopic (exact) mass is 245 g/mol. The van der Waals surface area contributed by atoms with Crippen molar-refractivity contribution in [2.75, 3.05) is 0 Å². The Morgan fingerprint density at radius 3 is 2.88 bits per heavy atom. The molecule has 0 aliphatic rings. The van der Waals surface area contributed by atoms with Crippen LogP contribution in [0.15, 0.2) is 35.8 Å². The van der Waals surface area contributed by atoms with Crippen LogP contribution in [0.5, 0.6) is 0 Å². The molecule has 0 amide bonds. The van der Waals surface area contributed by atoms with Crippen LogP contribution in [-0.2, 0) is 0 Å². The van der Waals surface area contributed by atoms with Crippen molar-refractivity contribution in [2.45, 2.75) is 0 Å². The normalized spacial score (nSPS) is 10.8. The Balaban J connectivity index is 2.26. The van der Waals surface area contributed by atoms with Gasteiger partial charge in [-0.25, -0.2) is 4.79 Å². The van der Waals surface area contributed by atoms with Crippen molar-refractivity contribution in [3.63, 3.8) is 0 Å². The summed E-state index contributed by atoms with van der Waals surface area (Å²) in [6.07, 6.45) is 1.53. The van der Waals surface area contributed by atoms with Gasteiger partial charge in [-0.1, -0.05) is 6.07 Å². The molecule has 6 heteroatoms. The number of carboxylic acid groups (broad SMARTS) is 1. The van der Waals surface area contributed by atoms with Gasteiger partial charge in [-0.2, -0.15) is 0 Å². The minimum atomic E-state index is -0.960. The van der Waals surface area contributed by atoms with Gasteiger partial charge in [0.25, 0.3) is 0 Å². The van der Waals surface area contributed by atoms with Gasteiger partial charge in [-0.3, -0.25) is 4.40 Å². The van der Waals surface area contributed by atoms with Gasteiger partial charge in [0.05, 0.1) is 10.4 Å². The first-order valence-electron chi connectivity index (χ1n) is 4.87. The Morgan fingerprint density at radius 1 is 1.29 bits per heavy atom. The fourth-order valence-electron chi connectivity index (χ4n) is 1.59. The predicted octanol–water partition coefficient (Wildman–Crippen LogP) is 2.16. The van der Waals surface area contributed by atoms with Crippen molar-refractivity contribution in [1.29, 1.82) is 0 Å². The molecule has 0 bridgehead atoms. The Labute approximate surface area is 100.0 Å². The lowest BCUT2D eigenvalue weighted by molar-refractivity contribution is 0.0696. The maximum Gasteiger partial charge on any atom is 0.337 e. The second-order valence-electron chi connectivity index (χ2n) is 3.45. The molecule has 3 rings (SSSR count). The number of carboxylic acids is 1. The zero-order chi connectivity index (χ0) is 11.8. The second-order valence-corrected chi connectivity index (χ2v) is 4.40. The number of thiophene rings is 1. The number of pyridine rings is 1. The Morgan fingerprint density at radius 2 is 2.18 bits per heavy atom. The maximum atomic E-state index is 10.9. The van der Waals surface area contributed by atoms with Crippen LogP contribution in [0.4, 0.5) is 0 Å². The molecule has 0 radical (unpaired) electrons. The van der Waals surface area contributed by atoms with Crippen molar-refractivity contribution in [2.24, 2.45) is 0 Å². The number of fused-ring (bicyclic) bond motifs is 1. The Kier molecular flexibility index (Phi) is 2.15. The van der Waals surface area contributed by atoms with E-state index >= 15 is 0 Å². The highest BCUT2D eigenvalue weighted by atomic mass is 32.1. The molecule has 0 spiro atoms. The molecule has 0 unspecified atom stereocenters. The van der Waals surface area contributed by atoms with Crippen LogP contribution in [0.1, 0.15) is 10.4 Å². The lowest BCUT2D eigenvalue weighted by atomic mass is 10.3. The summed E-state index contributed by atoms with van der Waals surface area (Å²) in [5.74, 6) is -0.296. The molecule has 84 valence electrons. The number of aromatic carboxylic acids is 1. The molecule has 0 aliphatic carbocycles. The van der Waals surface area contributed by atoms with Gasteiger partial charge in [-0.15, -0.1) is 21.5 Å². The molecule has 3 heterocycles. The van der Waals surface area contributed by atoms with Crippen molar-refractivity contribution in [3.8, 4) is 10.7 Å². The van der Waals surface area contributed by atoms with E-state index in [1.54, 1.807) is 10.5 Å². The molecule has 0 aromatic carbocycles. The summed E-state index contributed by atoms with van der Waals surface area (Å²) in [4.78, 5) is 11.9. The number of aromatic nitrogens is 3. The van der Waals surface area contributed by atoms with Gasteiger partial charge in [0.1, 0.15) is 0 Å². The first kappa shape index (κ1) is 9.98. The topological polar surface area (TPSA) is 67.5 Å². The summed E-state index contributed by atoms with van der Waals surface area (Å²) in [5.41, 5.74) is 0.855. The summed E-state index contributed by atoms with van der Waals surface area (Å²) >= 11 is 1.54. The standard InChI is InChI=1S/C11H7N3O2S/c15-11(16)7-3-4-9-12-13-10(14(9)6-7)8-2-1-5-17-8/h1-6H,(H,15,16). The highest BCUT2D eigenvalue weighted by Gasteiger charge is 2.11. The average molecular weight is 245 g/mol. The summed E-state index contributed by atoms with van der Waals surface area (Å²) < 4.78 is 1.69. The fourth-order valence-corrected chi connectivity index (χ4v) is 2.30. The predicted molar refractivity (Wildman–Crippen MR) is 63.3 cm³/mol. The van der Waals surface area contributed by atoms with Gasteiger partial charge in [-0.05, 0) is 23.6 Å². The van der Waals surface area contributed by atoms with Crippen LogP contribution in [-0.4, -0.2) is 25.7 Å². The molecule has 17 heavy (non-hydrogen) atoms. The summed E-state index contributed by atoms with van der Waals surface area (Å²) in [5, 5.41) is 19.0. The molecule has 0 saturated carbocycles. The van der Waals surface area contributed by atoms with Gasteiger partial charge < -0.3 is 5.11 Å². The molecule has 3 aromatic rings. The van der Waals surface area contributed by atoms with Gasteiger partial charge in [0, 0.05) is 6.20 Å². The van der Waals surface area contributed by atoms with Gasteiger partial charge in [0.2, 0.25) is 0 Å². The highest BCUT2D eigenvalue weighted by Crippen LogP contribution is 2.23. The summed E-state index contributed by atoms with van der Waals surface area (Å²) in [6, 6.07) is 7.01. The van der Waals surface area contributed by atoms with Crippen LogP contribution in [0.25, 0.3) is 16.3 Å². The van der Waals surface area contributed by atoms with Crippen molar-refractivity contribution in [3.05, 3.63) is 41.4 Å². The number of rotatable bonds is 2. The van der Waals surface area contributed by atoms with E-state index in [1.165, 1.54) is 23.6 Å². The smallest absolute Gasteiger partial charge is 0.337 e. The zero-order valence-corrected chi connectivity index (χ0v) is 9.39. The second kappa shape index (κ2) is 3.67. The quantitative estimate of drug-likeness (QED) is 0.751. The van der Waals surface area contributed by atoms with E-state index in [1.807, 2.05) is 17.5 Å². The fraction of sp³-hybridized carbons (Fsp3) is 0. The minimum absolute atomic E-state index is 0.218. The van der Waals surface area contributed by atoms with Crippen LogP contribution in [0.3, 0.4) is 0 Å². The lowest BCUT2D eigenvalue weighted by Crippen LogP contribution is -1.99. The third kappa shape index (κ3) is 1.58. The van der Waals surface area contributed by atoms with E-state index in [-0.39, 0.29) is 5.56 Å². The van der Waals surface area contributed by atoms with Crippen LogP contribution in [0, 0.1) is 0 Å². The minimum Gasteiger partial charge on any atom is -0.478 e. The van der Waals surface area contributed by atoms with Crippen molar-refractivity contribution >= 4 is 23.0 Å². The van der Waals surface area contributed by atoms with Crippen LogP contribution >= 0.6 is 11.3 Å². The van der Waals surface area contributed by atoms with Crippen molar-refractivity contribution < 1.29 is 9.90 Å². The maximum absolute atomic E-state index is 10.9. The van der Waals surface area contributed by atoms with Crippen LogP contribution in [0.2, 0.25) is 0 Å². The first-order valence-corrected chi connectivity index (χ1v) is 5.75. The zero-order valence-electron chi connectivity index (χ0n) is 8.57. The molecule has 5 nitrogen and oxygen atoms in total. The van der Waals surface area contributed by atoms with Crippen LogP contribution < -0.4 is 0 Å². The Bertz CT molecular complexity index is 688. The van der Waals surface area contributed by atoms with E-state index in [2.05, 4.69) is 10.2 Å². The average Bonchev–Trinajstić information content (AvgIpc) is 2.96. The summed E-state index contributed by atoms with van der Waals surface area (Å²) in [6.45, 7) is 0.